The number of benzene rings is 2. The van der Waals surface area contributed by atoms with Crippen molar-refractivity contribution in [3.63, 3.8) is 0 Å². The summed E-state index contributed by atoms with van der Waals surface area (Å²) in [5.41, 5.74) is 9.83. The molecule has 1 heterocycles. The molecule has 0 saturated heterocycles. The van der Waals surface area contributed by atoms with Crippen molar-refractivity contribution in [1.29, 1.82) is 0 Å². The predicted octanol–water partition coefficient (Wildman–Crippen LogP) is 5.70. The zero-order valence-electron chi connectivity index (χ0n) is 17.4. The van der Waals surface area contributed by atoms with Gasteiger partial charge < -0.3 is 10.2 Å². The molecule has 0 spiro atoms. The number of anilines is 1. The number of nitrogen functional groups attached to an aromatic ring is 1. The summed E-state index contributed by atoms with van der Waals surface area (Å²) in [7, 11) is -1.90. The molecule has 0 aliphatic rings. The van der Waals surface area contributed by atoms with Gasteiger partial charge in [-0.2, -0.15) is 0 Å². The summed E-state index contributed by atoms with van der Waals surface area (Å²) in [6.45, 7) is 11.2. The van der Waals surface area contributed by atoms with E-state index in [0.29, 0.717) is 12.2 Å². The summed E-state index contributed by atoms with van der Waals surface area (Å²) in [5, 5.41) is 0.146. The zero-order valence-corrected chi connectivity index (χ0v) is 18.4. The van der Waals surface area contributed by atoms with Gasteiger partial charge in [-0.1, -0.05) is 63.2 Å². The molecule has 2 aromatic carbocycles. The van der Waals surface area contributed by atoms with E-state index in [1.807, 2.05) is 42.5 Å². The monoisotopic (exact) mass is 391 g/mol. The van der Waals surface area contributed by atoms with E-state index in [9.17, 15) is 0 Å². The van der Waals surface area contributed by atoms with E-state index in [1.54, 1.807) is 6.20 Å². The van der Waals surface area contributed by atoms with Gasteiger partial charge in [-0.15, -0.1) is 0 Å². The van der Waals surface area contributed by atoms with E-state index in [4.69, 9.17) is 15.1 Å². The first-order valence-corrected chi connectivity index (χ1v) is 12.5. The van der Waals surface area contributed by atoms with Gasteiger partial charge in [-0.05, 0) is 35.8 Å². The second kappa shape index (κ2) is 7.76. The summed E-state index contributed by atoms with van der Waals surface area (Å²) >= 11 is 0. The summed E-state index contributed by atoms with van der Waals surface area (Å²) in [4.78, 5) is 9.17. The van der Waals surface area contributed by atoms with Crippen molar-refractivity contribution >= 4 is 14.1 Å². The van der Waals surface area contributed by atoms with Crippen LogP contribution >= 0.6 is 0 Å². The van der Waals surface area contributed by atoms with E-state index in [2.05, 4.69) is 51.0 Å². The van der Waals surface area contributed by atoms with Crippen LogP contribution in [-0.4, -0.2) is 18.3 Å². The van der Waals surface area contributed by atoms with Gasteiger partial charge in [0.05, 0.1) is 17.6 Å². The number of hydrogen-bond acceptors (Lipinski definition) is 4. The van der Waals surface area contributed by atoms with Crippen LogP contribution in [0, 0.1) is 0 Å². The first-order valence-electron chi connectivity index (χ1n) is 9.60. The number of aromatic nitrogens is 2. The molecule has 1 aromatic heterocycles. The largest absolute Gasteiger partial charge is 0.543 e. The van der Waals surface area contributed by atoms with Crippen molar-refractivity contribution in [1.82, 2.24) is 9.97 Å². The van der Waals surface area contributed by atoms with Gasteiger partial charge in [-0.25, -0.2) is 9.97 Å². The van der Waals surface area contributed by atoms with Crippen molar-refractivity contribution in [3.8, 4) is 17.0 Å². The average molecular weight is 392 g/mol. The molecule has 0 atom stereocenters. The predicted molar refractivity (Wildman–Crippen MR) is 119 cm³/mol. The molecule has 0 unspecified atom stereocenters. The highest BCUT2D eigenvalue weighted by atomic mass is 28.4. The normalized spacial score (nSPS) is 12.0. The molecule has 0 saturated carbocycles. The highest BCUT2D eigenvalue weighted by molar-refractivity contribution is 6.74. The van der Waals surface area contributed by atoms with Crippen LogP contribution in [0.15, 0.2) is 60.8 Å². The van der Waals surface area contributed by atoms with E-state index >= 15 is 0 Å². The maximum Gasteiger partial charge on any atom is 0.250 e. The van der Waals surface area contributed by atoms with E-state index < -0.39 is 8.32 Å². The van der Waals surface area contributed by atoms with Crippen molar-refractivity contribution in [2.24, 2.45) is 0 Å². The van der Waals surface area contributed by atoms with Crippen LogP contribution in [0.25, 0.3) is 11.3 Å². The fourth-order valence-electron chi connectivity index (χ4n) is 2.66. The Bertz CT molecular complexity index is 950. The summed E-state index contributed by atoms with van der Waals surface area (Å²) in [5.74, 6) is 1.36. The van der Waals surface area contributed by atoms with E-state index in [-0.39, 0.29) is 5.04 Å². The second-order valence-electron chi connectivity index (χ2n) is 8.64. The van der Waals surface area contributed by atoms with Gasteiger partial charge in [0.1, 0.15) is 11.6 Å². The molecule has 0 amide bonds. The molecular weight excluding hydrogens is 362 g/mol. The van der Waals surface area contributed by atoms with Crippen LogP contribution in [0.4, 0.5) is 5.82 Å². The average Bonchev–Trinajstić information content (AvgIpc) is 2.63. The van der Waals surface area contributed by atoms with Gasteiger partial charge in [0.2, 0.25) is 8.32 Å². The maximum atomic E-state index is 6.44. The molecule has 0 aliphatic carbocycles. The quantitative estimate of drug-likeness (QED) is 0.567. The lowest BCUT2D eigenvalue weighted by molar-refractivity contribution is 0.492. The number of rotatable bonds is 5. The Kier molecular flexibility index (Phi) is 5.56. The van der Waals surface area contributed by atoms with E-state index in [1.165, 1.54) is 0 Å². The van der Waals surface area contributed by atoms with Crippen LogP contribution in [0.1, 0.15) is 32.0 Å². The molecule has 146 valence electrons. The minimum absolute atomic E-state index is 0.146. The highest BCUT2D eigenvalue weighted by Crippen LogP contribution is 2.38. The highest BCUT2D eigenvalue weighted by Gasteiger charge is 2.38. The Morgan fingerprint density at radius 2 is 1.71 bits per heavy atom. The van der Waals surface area contributed by atoms with Crippen molar-refractivity contribution < 1.29 is 4.43 Å². The molecule has 2 N–H and O–H groups in total. The third-order valence-electron chi connectivity index (χ3n) is 5.40. The van der Waals surface area contributed by atoms with Crippen molar-refractivity contribution in [3.05, 3.63) is 72.1 Å². The van der Waals surface area contributed by atoms with Crippen LogP contribution in [0.5, 0.6) is 5.75 Å². The number of nitrogens with zero attached hydrogens (tertiary/aromatic N) is 2. The van der Waals surface area contributed by atoms with Gasteiger partial charge in [-0.3, -0.25) is 0 Å². The van der Waals surface area contributed by atoms with E-state index in [0.717, 1.165) is 28.3 Å². The van der Waals surface area contributed by atoms with Crippen LogP contribution in [0.2, 0.25) is 18.1 Å². The number of nitrogens with two attached hydrogens (primary N) is 1. The molecular formula is C23H29N3OSi. The van der Waals surface area contributed by atoms with Gasteiger partial charge >= 0.3 is 0 Å². The lowest BCUT2D eigenvalue weighted by Gasteiger charge is -2.36. The van der Waals surface area contributed by atoms with Crippen molar-refractivity contribution in [2.45, 2.75) is 45.3 Å². The third-order valence-corrected chi connectivity index (χ3v) is 9.76. The molecule has 3 rings (SSSR count). The first kappa shape index (κ1) is 20.1. The Balaban J connectivity index is 1.89. The Hall–Kier alpha value is -2.66. The number of hydrogen-bond donors (Lipinski definition) is 1. The smallest absolute Gasteiger partial charge is 0.250 e. The molecule has 0 radical (unpaired) electrons. The minimum atomic E-state index is -1.90. The minimum Gasteiger partial charge on any atom is -0.543 e. The van der Waals surface area contributed by atoms with Gasteiger partial charge in [0.25, 0.3) is 0 Å². The van der Waals surface area contributed by atoms with Crippen LogP contribution in [-0.2, 0) is 6.42 Å². The topological polar surface area (TPSA) is 61.0 Å². The molecule has 0 bridgehead atoms. The lowest BCUT2D eigenvalue weighted by Crippen LogP contribution is -2.43. The fourth-order valence-corrected chi connectivity index (χ4v) is 3.68. The lowest BCUT2D eigenvalue weighted by atomic mass is 10.1. The molecule has 5 heteroatoms. The molecule has 3 aromatic rings. The fraction of sp³-hybridized carbons (Fsp3) is 0.304. The standard InChI is InChI=1S/C23H29N3OSi/c1-23(2,3)28(4,5)27-19-13-9-12-18(15-19)21-16-25-22(24)20(26-21)14-17-10-7-6-8-11-17/h6-13,15-16H,14H2,1-5H3,(H2,24,25). The Labute approximate surface area is 168 Å². The van der Waals surface area contributed by atoms with Crippen molar-refractivity contribution in [2.75, 3.05) is 5.73 Å². The van der Waals surface area contributed by atoms with Crippen LogP contribution < -0.4 is 10.2 Å². The van der Waals surface area contributed by atoms with Crippen LogP contribution in [0.3, 0.4) is 0 Å². The zero-order chi connectivity index (χ0) is 20.4. The molecule has 0 aliphatic heterocycles. The van der Waals surface area contributed by atoms with Gasteiger partial charge in [0.15, 0.2) is 0 Å². The Morgan fingerprint density at radius 3 is 2.39 bits per heavy atom. The summed E-state index contributed by atoms with van der Waals surface area (Å²) in [6, 6.07) is 18.3. The molecule has 0 fully saturated rings. The molecule has 4 nitrogen and oxygen atoms in total. The summed E-state index contributed by atoms with van der Waals surface area (Å²) < 4.78 is 6.44. The SMILES string of the molecule is CC(C)(C)[Si](C)(C)Oc1cccc(-c2cnc(N)c(Cc3ccccc3)n2)c1. The second-order valence-corrected chi connectivity index (χ2v) is 13.4. The first-order chi connectivity index (χ1) is 13.2. The van der Waals surface area contributed by atoms with Gasteiger partial charge in [0, 0.05) is 12.0 Å². The summed E-state index contributed by atoms with van der Waals surface area (Å²) in [6.07, 6.45) is 2.39. The maximum absolute atomic E-state index is 6.44. The third kappa shape index (κ3) is 4.60. The Morgan fingerprint density at radius 1 is 1.00 bits per heavy atom. The molecule has 28 heavy (non-hydrogen) atoms.